The molecule has 1 fully saturated rings. The summed E-state index contributed by atoms with van der Waals surface area (Å²) in [6.07, 6.45) is 2.21. The van der Waals surface area contributed by atoms with E-state index in [0.717, 1.165) is 42.3 Å². The Morgan fingerprint density at radius 3 is 2.71 bits per heavy atom. The van der Waals surface area contributed by atoms with E-state index in [9.17, 15) is 0 Å². The average molecular weight is 397 g/mol. The maximum Gasteiger partial charge on any atom is 0.217 e. The number of nitrogens with zero attached hydrogens (tertiary/aromatic N) is 3. The molecule has 0 spiro atoms. The summed E-state index contributed by atoms with van der Waals surface area (Å²) in [5.41, 5.74) is 2.21. The molecule has 0 saturated carbocycles. The van der Waals surface area contributed by atoms with Crippen LogP contribution < -0.4 is 9.47 Å². The zero-order valence-corrected chi connectivity index (χ0v) is 16.9. The Kier molecular flexibility index (Phi) is 5.45. The third kappa shape index (κ3) is 3.68. The summed E-state index contributed by atoms with van der Waals surface area (Å²) in [6, 6.07) is 16.3. The Balaban J connectivity index is 1.59. The lowest BCUT2D eigenvalue weighted by Crippen LogP contribution is -2.27. The van der Waals surface area contributed by atoms with Gasteiger partial charge >= 0.3 is 0 Å². The lowest BCUT2D eigenvalue weighted by atomic mass is 10.0. The van der Waals surface area contributed by atoms with Gasteiger partial charge in [-0.1, -0.05) is 36.4 Å². The van der Waals surface area contributed by atoms with Gasteiger partial charge in [0.1, 0.15) is 11.5 Å². The third-order valence-electron chi connectivity index (χ3n) is 5.21. The minimum absolute atomic E-state index is 0.270. The van der Waals surface area contributed by atoms with Crippen molar-refractivity contribution >= 4 is 12.2 Å². The van der Waals surface area contributed by atoms with Gasteiger partial charge in [0.05, 0.1) is 20.9 Å². The van der Waals surface area contributed by atoms with Gasteiger partial charge in [-0.25, -0.2) is 4.68 Å². The highest BCUT2D eigenvalue weighted by atomic mass is 32.1. The van der Waals surface area contributed by atoms with Crippen LogP contribution in [0.25, 0.3) is 11.4 Å². The van der Waals surface area contributed by atoms with E-state index in [1.165, 1.54) is 5.56 Å². The molecule has 1 aromatic heterocycles. The number of nitrogens with one attached hydrogen (secondary N) is 1. The minimum atomic E-state index is 0.270. The highest BCUT2D eigenvalue weighted by molar-refractivity contribution is 7.71. The van der Waals surface area contributed by atoms with Crippen molar-refractivity contribution in [3.8, 4) is 22.9 Å². The fourth-order valence-corrected chi connectivity index (χ4v) is 4.00. The first-order valence-electron chi connectivity index (χ1n) is 9.38. The van der Waals surface area contributed by atoms with Crippen LogP contribution in [0.15, 0.2) is 48.5 Å². The van der Waals surface area contributed by atoms with Gasteiger partial charge in [0.25, 0.3) is 0 Å². The summed E-state index contributed by atoms with van der Waals surface area (Å²) >= 11 is 5.50. The van der Waals surface area contributed by atoms with Crippen molar-refractivity contribution in [1.82, 2.24) is 19.7 Å². The molecule has 4 rings (SSSR count). The number of aromatic amines is 1. The van der Waals surface area contributed by atoms with Crippen LogP contribution >= 0.6 is 12.2 Å². The van der Waals surface area contributed by atoms with E-state index in [1.54, 1.807) is 14.2 Å². The molecule has 1 atom stereocenters. The second-order valence-electron chi connectivity index (χ2n) is 6.87. The van der Waals surface area contributed by atoms with Gasteiger partial charge in [0.2, 0.25) is 4.77 Å². The summed E-state index contributed by atoms with van der Waals surface area (Å²) in [6.45, 7) is 1.67. The van der Waals surface area contributed by atoms with Crippen molar-refractivity contribution in [2.24, 2.45) is 0 Å². The predicted octanol–water partition coefficient (Wildman–Crippen LogP) is 4.42. The lowest BCUT2D eigenvalue weighted by Gasteiger charge is -2.26. The minimum Gasteiger partial charge on any atom is -0.497 e. The Labute approximate surface area is 169 Å². The molecule has 0 radical (unpaired) electrons. The summed E-state index contributed by atoms with van der Waals surface area (Å²) in [5, 5.41) is 3.35. The summed E-state index contributed by atoms with van der Waals surface area (Å²) in [5.74, 6) is 2.45. The largest absolute Gasteiger partial charge is 0.497 e. The molecule has 28 heavy (non-hydrogen) atoms. The van der Waals surface area contributed by atoms with Crippen molar-refractivity contribution in [3.05, 3.63) is 58.9 Å². The van der Waals surface area contributed by atoms with Crippen molar-refractivity contribution < 1.29 is 9.47 Å². The van der Waals surface area contributed by atoms with Crippen molar-refractivity contribution in [2.75, 3.05) is 20.8 Å². The molecule has 2 heterocycles. The normalized spacial score (nSPS) is 17.0. The molecule has 1 aliphatic heterocycles. The van der Waals surface area contributed by atoms with Crippen LogP contribution in [0.1, 0.15) is 24.4 Å². The molecular weight excluding hydrogens is 372 g/mol. The first-order valence-corrected chi connectivity index (χ1v) is 9.78. The number of rotatable bonds is 6. The molecule has 3 aromatic rings. The third-order valence-corrected chi connectivity index (χ3v) is 5.52. The van der Waals surface area contributed by atoms with E-state index in [4.69, 9.17) is 21.7 Å². The number of hydrogen-bond donors (Lipinski definition) is 1. The summed E-state index contributed by atoms with van der Waals surface area (Å²) in [7, 11) is 3.37. The molecule has 1 aliphatic rings. The molecule has 2 aromatic carbocycles. The number of methoxy groups -OCH3 is 2. The summed E-state index contributed by atoms with van der Waals surface area (Å²) in [4.78, 5) is 6.94. The quantitative estimate of drug-likeness (QED) is 0.625. The van der Waals surface area contributed by atoms with Crippen LogP contribution in [-0.2, 0) is 6.67 Å². The van der Waals surface area contributed by atoms with Crippen molar-refractivity contribution in [1.29, 1.82) is 0 Å². The van der Waals surface area contributed by atoms with Gasteiger partial charge in [-0.15, -0.1) is 0 Å². The average Bonchev–Trinajstić information content (AvgIpc) is 3.35. The highest BCUT2D eigenvalue weighted by Crippen LogP contribution is 2.38. The smallest absolute Gasteiger partial charge is 0.217 e. The zero-order chi connectivity index (χ0) is 19.5. The first kappa shape index (κ1) is 18.7. The van der Waals surface area contributed by atoms with Gasteiger partial charge < -0.3 is 9.47 Å². The van der Waals surface area contributed by atoms with Crippen molar-refractivity contribution in [3.63, 3.8) is 0 Å². The molecule has 0 aliphatic carbocycles. The first-order chi connectivity index (χ1) is 13.7. The van der Waals surface area contributed by atoms with Gasteiger partial charge in [-0.3, -0.25) is 10.00 Å². The van der Waals surface area contributed by atoms with E-state index in [2.05, 4.69) is 21.0 Å². The van der Waals surface area contributed by atoms with E-state index in [-0.39, 0.29) is 6.04 Å². The predicted molar refractivity (Wildman–Crippen MR) is 111 cm³/mol. The number of ether oxygens (including phenoxy) is 2. The van der Waals surface area contributed by atoms with Crippen LogP contribution in [0.2, 0.25) is 0 Å². The fourth-order valence-electron chi connectivity index (χ4n) is 3.80. The molecule has 0 bridgehead atoms. The zero-order valence-electron chi connectivity index (χ0n) is 16.1. The fraction of sp³-hybridized carbons (Fsp3) is 0.333. The van der Waals surface area contributed by atoms with Gasteiger partial charge in [0.15, 0.2) is 5.82 Å². The number of H-pyrrole nitrogens is 1. The molecule has 7 heteroatoms. The second kappa shape index (κ2) is 8.16. The van der Waals surface area contributed by atoms with E-state index in [1.807, 2.05) is 47.1 Å². The molecule has 1 N–H and O–H groups in total. The number of likely N-dealkylation sites (tertiary alicyclic amines) is 1. The van der Waals surface area contributed by atoms with Gasteiger partial charge in [0, 0.05) is 29.8 Å². The molecule has 146 valence electrons. The van der Waals surface area contributed by atoms with Crippen LogP contribution in [0.5, 0.6) is 11.5 Å². The second-order valence-corrected chi connectivity index (χ2v) is 7.23. The van der Waals surface area contributed by atoms with Crippen molar-refractivity contribution in [2.45, 2.75) is 25.6 Å². The number of aromatic nitrogens is 3. The highest BCUT2D eigenvalue weighted by Gasteiger charge is 2.29. The standard InChI is InChI=1S/C21H24N4O2S/c1-26-16-10-11-17(19(13-16)27-2)18-9-6-12-24(18)14-25-21(28)22-20(23-25)15-7-4-3-5-8-15/h3-5,7-8,10-11,13,18H,6,9,12,14H2,1-2H3,(H,22,23,28). The van der Waals surface area contributed by atoms with Crippen LogP contribution in [0.3, 0.4) is 0 Å². The number of benzene rings is 2. The Morgan fingerprint density at radius 2 is 1.96 bits per heavy atom. The van der Waals surface area contributed by atoms with Crippen LogP contribution in [0, 0.1) is 4.77 Å². The maximum atomic E-state index is 5.63. The maximum absolute atomic E-state index is 5.63. The number of hydrogen-bond acceptors (Lipinski definition) is 5. The Hall–Kier alpha value is -2.64. The van der Waals surface area contributed by atoms with Gasteiger partial charge in [-0.2, -0.15) is 4.98 Å². The van der Waals surface area contributed by atoms with E-state index >= 15 is 0 Å². The van der Waals surface area contributed by atoms with Crippen LogP contribution in [-0.4, -0.2) is 40.4 Å². The molecule has 1 saturated heterocycles. The summed E-state index contributed by atoms with van der Waals surface area (Å²) < 4.78 is 13.5. The monoisotopic (exact) mass is 396 g/mol. The molecule has 6 nitrogen and oxygen atoms in total. The lowest BCUT2D eigenvalue weighted by molar-refractivity contribution is 0.187. The topological polar surface area (TPSA) is 55.3 Å². The molecular formula is C21H24N4O2S. The van der Waals surface area contributed by atoms with Crippen LogP contribution in [0.4, 0.5) is 0 Å². The Morgan fingerprint density at radius 1 is 1.14 bits per heavy atom. The van der Waals surface area contributed by atoms with E-state index in [0.29, 0.717) is 11.4 Å². The molecule has 0 amide bonds. The SMILES string of the molecule is COc1ccc(C2CCCN2Cn2[nH]c(-c3ccccc3)nc2=S)c(OC)c1. The van der Waals surface area contributed by atoms with E-state index < -0.39 is 0 Å². The van der Waals surface area contributed by atoms with Gasteiger partial charge in [-0.05, 0) is 31.1 Å². The Bertz CT molecular complexity index is 999. The molecule has 1 unspecified atom stereocenters.